The van der Waals surface area contributed by atoms with Crippen molar-refractivity contribution in [2.75, 3.05) is 26.7 Å². The van der Waals surface area contributed by atoms with Crippen LogP contribution in [0.25, 0.3) is 0 Å². The number of likely N-dealkylation sites (N-methyl/N-ethyl adjacent to an activating group) is 1. The molecular formula is C15H22INO. The first-order valence-electron chi connectivity index (χ1n) is 6.83. The van der Waals surface area contributed by atoms with Crippen LogP contribution in [-0.4, -0.2) is 37.3 Å². The summed E-state index contributed by atoms with van der Waals surface area (Å²) < 4.78 is 7.27. The summed E-state index contributed by atoms with van der Waals surface area (Å²) >= 11 is 0. The van der Waals surface area contributed by atoms with Gasteiger partial charge in [0.2, 0.25) is 0 Å². The number of piperidine rings is 1. The van der Waals surface area contributed by atoms with Crippen LogP contribution in [-0.2, 0) is 6.42 Å². The van der Waals surface area contributed by atoms with Gasteiger partial charge in [0, 0.05) is 6.42 Å². The van der Waals surface area contributed by atoms with E-state index in [0.29, 0.717) is 6.10 Å². The molecule has 0 saturated carbocycles. The molecule has 3 rings (SSSR count). The highest BCUT2D eigenvalue weighted by molar-refractivity contribution is 5.37. The molecule has 0 N–H and O–H groups in total. The first-order valence-corrected chi connectivity index (χ1v) is 6.83. The second-order valence-corrected chi connectivity index (χ2v) is 5.86. The quantitative estimate of drug-likeness (QED) is 0.517. The molecule has 1 saturated heterocycles. The molecule has 18 heavy (non-hydrogen) atoms. The van der Waals surface area contributed by atoms with Gasteiger partial charge < -0.3 is 33.2 Å². The summed E-state index contributed by atoms with van der Waals surface area (Å²) in [5.74, 6) is 1.11. The minimum Gasteiger partial charge on any atom is -1.00 e. The first-order chi connectivity index (χ1) is 8.25. The maximum absolute atomic E-state index is 6.06. The SMILES string of the molecule is C[N+]1(CC2Cc3ccccc3O2)CCCCC1.[I-]. The van der Waals surface area contributed by atoms with Gasteiger partial charge in [0.25, 0.3) is 0 Å². The Morgan fingerprint density at radius 3 is 2.61 bits per heavy atom. The predicted octanol–water partition coefficient (Wildman–Crippen LogP) is -0.375. The first kappa shape index (κ1) is 14.1. The average molecular weight is 359 g/mol. The van der Waals surface area contributed by atoms with Crippen molar-refractivity contribution in [2.45, 2.75) is 31.8 Å². The van der Waals surface area contributed by atoms with Gasteiger partial charge >= 0.3 is 0 Å². The second-order valence-electron chi connectivity index (χ2n) is 5.86. The van der Waals surface area contributed by atoms with Gasteiger partial charge in [-0.3, -0.25) is 0 Å². The van der Waals surface area contributed by atoms with E-state index in [0.717, 1.165) is 12.2 Å². The van der Waals surface area contributed by atoms with Crippen molar-refractivity contribution in [1.29, 1.82) is 0 Å². The van der Waals surface area contributed by atoms with Crippen LogP contribution in [0.4, 0.5) is 0 Å². The van der Waals surface area contributed by atoms with Crippen LogP contribution >= 0.6 is 0 Å². The van der Waals surface area contributed by atoms with Crippen LogP contribution in [0.15, 0.2) is 24.3 Å². The smallest absolute Gasteiger partial charge is 0.151 e. The van der Waals surface area contributed by atoms with Crippen LogP contribution in [0.1, 0.15) is 24.8 Å². The fourth-order valence-corrected chi connectivity index (χ4v) is 3.31. The van der Waals surface area contributed by atoms with Gasteiger partial charge in [-0.05, 0) is 30.9 Å². The number of fused-ring (bicyclic) bond motifs is 1. The third-order valence-electron chi connectivity index (χ3n) is 4.25. The largest absolute Gasteiger partial charge is 1.00 e. The number of para-hydroxylation sites is 1. The summed E-state index contributed by atoms with van der Waals surface area (Å²) in [4.78, 5) is 0. The topological polar surface area (TPSA) is 9.23 Å². The van der Waals surface area contributed by atoms with E-state index in [1.165, 1.54) is 48.9 Å². The van der Waals surface area contributed by atoms with E-state index in [2.05, 4.69) is 31.3 Å². The molecule has 0 spiro atoms. The summed E-state index contributed by atoms with van der Waals surface area (Å²) in [7, 11) is 2.39. The minimum atomic E-state index is 0. The molecule has 0 amide bonds. The second kappa shape index (κ2) is 5.78. The fraction of sp³-hybridized carbons (Fsp3) is 0.600. The molecule has 0 aliphatic carbocycles. The van der Waals surface area contributed by atoms with Crippen molar-refractivity contribution in [3.05, 3.63) is 29.8 Å². The van der Waals surface area contributed by atoms with E-state index in [9.17, 15) is 0 Å². The molecule has 1 fully saturated rings. The summed E-state index contributed by atoms with van der Waals surface area (Å²) in [6.45, 7) is 3.83. The van der Waals surface area contributed by atoms with Crippen LogP contribution in [0.2, 0.25) is 0 Å². The molecule has 3 heteroatoms. The number of benzene rings is 1. The Morgan fingerprint density at radius 1 is 1.17 bits per heavy atom. The highest BCUT2D eigenvalue weighted by Gasteiger charge is 2.32. The van der Waals surface area contributed by atoms with Crippen molar-refractivity contribution in [3.8, 4) is 5.75 Å². The Balaban J connectivity index is 0.00000120. The number of quaternary nitrogens is 1. The lowest BCUT2D eigenvalue weighted by atomic mass is 10.1. The van der Waals surface area contributed by atoms with Gasteiger partial charge in [0.15, 0.2) is 6.10 Å². The third kappa shape index (κ3) is 2.99. The van der Waals surface area contributed by atoms with Crippen molar-refractivity contribution in [3.63, 3.8) is 0 Å². The van der Waals surface area contributed by atoms with E-state index in [4.69, 9.17) is 4.74 Å². The predicted molar refractivity (Wildman–Crippen MR) is 69.2 cm³/mol. The maximum atomic E-state index is 6.06. The van der Waals surface area contributed by atoms with Crippen LogP contribution in [0.3, 0.4) is 0 Å². The molecule has 2 aliphatic heterocycles. The van der Waals surface area contributed by atoms with Crippen molar-refractivity contribution in [2.24, 2.45) is 0 Å². The summed E-state index contributed by atoms with van der Waals surface area (Å²) in [6, 6.07) is 8.48. The number of ether oxygens (including phenoxy) is 1. The van der Waals surface area contributed by atoms with Gasteiger partial charge in [-0.2, -0.15) is 0 Å². The number of rotatable bonds is 2. The molecular weight excluding hydrogens is 337 g/mol. The lowest BCUT2D eigenvalue weighted by molar-refractivity contribution is -0.916. The molecule has 1 aromatic carbocycles. The summed E-state index contributed by atoms with van der Waals surface area (Å²) in [6.07, 6.45) is 5.69. The van der Waals surface area contributed by atoms with Gasteiger partial charge in [-0.1, -0.05) is 18.2 Å². The highest BCUT2D eigenvalue weighted by atomic mass is 127. The van der Waals surface area contributed by atoms with Crippen LogP contribution in [0.5, 0.6) is 5.75 Å². The minimum absolute atomic E-state index is 0. The van der Waals surface area contributed by atoms with Crippen molar-refractivity contribution in [1.82, 2.24) is 0 Å². The van der Waals surface area contributed by atoms with Gasteiger partial charge in [-0.15, -0.1) is 0 Å². The molecule has 1 atom stereocenters. The molecule has 2 nitrogen and oxygen atoms in total. The molecule has 2 aliphatic rings. The highest BCUT2D eigenvalue weighted by Crippen LogP contribution is 2.30. The van der Waals surface area contributed by atoms with E-state index in [1.54, 1.807) is 0 Å². The number of nitrogens with zero attached hydrogens (tertiary/aromatic N) is 1. The molecule has 2 heterocycles. The normalized spacial score (nSPS) is 24.8. The van der Waals surface area contributed by atoms with E-state index < -0.39 is 0 Å². The number of hydrogen-bond acceptors (Lipinski definition) is 1. The lowest BCUT2D eigenvalue weighted by Gasteiger charge is -2.39. The monoisotopic (exact) mass is 359 g/mol. The lowest BCUT2D eigenvalue weighted by Crippen LogP contribution is -3.00. The van der Waals surface area contributed by atoms with Crippen LogP contribution in [0, 0.1) is 0 Å². The standard InChI is InChI=1S/C15H22NO.HI/c1-16(9-5-2-6-10-16)12-14-11-13-7-3-4-8-15(13)17-14;/h3-4,7-8,14H,2,5-6,9-12H2,1H3;1H/q+1;/p-1. The van der Waals surface area contributed by atoms with Gasteiger partial charge in [0.1, 0.15) is 12.3 Å². The van der Waals surface area contributed by atoms with Crippen molar-refractivity contribution >= 4 is 0 Å². The van der Waals surface area contributed by atoms with Crippen LogP contribution < -0.4 is 28.7 Å². The Morgan fingerprint density at radius 2 is 1.89 bits per heavy atom. The Labute approximate surface area is 127 Å². The molecule has 100 valence electrons. The zero-order valence-electron chi connectivity index (χ0n) is 11.1. The Bertz CT molecular complexity index is 376. The summed E-state index contributed by atoms with van der Waals surface area (Å²) in [5, 5.41) is 0. The maximum Gasteiger partial charge on any atom is 0.151 e. The molecule has 1 unspecified atom stereocenters. The summed E-state index contributed by atoms with van der Waals surface area (Å²) in [5.41, 5.74) is 1.39. The van der Waals surface area contributed by atoms with E-state index >= 15 is 0 Å². The molecule has 0 aromatic heterocycles. The molecule has 0 radical (unpaired) electrons. The Kier molecular flexibility index (Phi) is 4.54. The zero-order chi connectivity index (χ0) is 11.7. The Hall–Kier alpha value is -0.290. The average Bonchev–Trinajstić information content (AvgIpc) is 2.71. The number of halogens is 1. The van der Waals surface area contributed by atoms with Gasteiger partial charge in [0.05, 0.1) is 20.1 Å². The van der Waals surface area contributed by atoms with Crippen molar-refractivity contribution < 1.29 is 33.2 Å². The molecule has 0 bridgehead atoms. The van der Waals surface area contributed by atoms with E-state index in [1.807, 2.05) is 0 Å². The third-order valence-corrected chi connectivity index (χ3v) is 4.25. The number of likely N-dealkylation sites (tertiary alicyclic amines) is 1. The molecule has 1 aromatic rings. The number of hydrogen-bond donors (Lipinski definition) is 0. The fourth-order valence-electron chi connectivity index (χ4n) is 3.31. The van der Waals surface area contributed by atoms with E-state index in [-0.39, 0.29) is 24.0 Å². The van der Waals surface area contributed by atoms with Gasteiger partial charge in [-0.25, -0.2) is 0 Å². The zero-order valence-corrected chi connectivity index (χ0v) is 13.2.